The lowest BCUT2D eigenvalue weighted by Crippen LogP contribution is -2.57. The van der Waals surface area contributed by atoms with Gasteiger partial charge in [0, 0.05) is 36.0 Å². The van der Waals surface area contributed by atoms with Crippen molar-refractivity contribution >= 4 is 45.7 Å². The number of nitrogens with one attached hydrogen (secondary N) is 2. The molecule has 8 nitrogen and oxygen atoms in total. The minimum Gasteiger partial charge on any atom is -0.457 e. The Hall–Kier alpha value is -3.88. The van der Waals surface area contributed by atoms with E-state index in [0.717, 1.165) is 0 Å². The second-order valence-corrected chi connectivity index (χ2v) is 8.77. The highest BCUT2D eigenvalue weighted by Gasteiger charge is 2.42. The summed E-state index contributed by atoms with van der Waals surface area (Å²) in [5.74, 6) is -0.0428. The summed E-state index contributed by atoms with van der Waals surface area (Å²) in [4.78, 5) is 34.9. The molecule has 1 aliphatic rings. The van der Waals surface area contributed by atoms with Crippen LogP contribution in [-0.4, -0.2) is 47.9 Å². The number of methoxy groups -OCH3 is 1. The summed E-state index contributed by atoms with van der Waals surface area (Å²) in [6, 6.07) is 13.9. The summed E-state index contributed by atoms with van der Waals surface area (Å²) >= 11 is 6.50. The van der Waals surface area contributed by atoms with E-state index in [4.69, 9.17) is 25.2 Å². The van der Waals surface area contributed by atoms with E-state index in [1.165, 1.54) is 19.5 Å². The first-order valence-electron chi connectivity index (χ1n) is 12.2. The first kappa shape index (κ1) is 19.4. The zero-order valence-corrected chi connectivity index (χ0v) is 19.6. The van der Waals surface area contributed by atoms with Crippen LogP contribution in [0.15, 0.2) is 60.9 Å². The number of aromatic nitrogens is 2. The molecular weight excluding hydrogens is 468 g/mol. The third-order valence-corrected chi connectivity index (χ3v) is 6.15. The van der Waals surface area contributed by atoms with Crippen molar-refractivity contribution in [2.45, 2.75) is 12.5 Å². The third kappa shape index (κ3) is 3.90. The third-order valence-electron chi connectivity index (χ3n) is 5.84. The topological polar surface area (TPSA) is 96.5 Å². The highest BCUT2D eigenvalue weighted by Crippen LogP contribution is 2.41. The quantitative estimate of drug-likeness (QED) is 0.365. The van der Waals surface area contributed by atoms with Crippen LogP contribution in [0.1, 0.15) is 27.0 Å². The Morgan fingerprint density at radius 1 is 1.20 bits per heavy atom. The molecule has 0 saturated heterocycles. The van der Waals surface area contributed by atoms with Crippen LogP contribution in [0, 0.1) is 0 Å². The molecule has 1 amide bonds. The number of hydrogen-bond donors (Lipinski definition) is 2. The molecule has 1 atom stereocenters. The number of carbonyl (C=O) groups is 2. The number of para-hydroxylation sites is 1. The molecule has 2 aromatic heterocycles. The van der Waals surface area contributed by atoms with Crippen molar-refractivity contribution in [1.29, 1.82) is 0 Å². The van der Waals surface area contributed by atoms with Crippen LogP contribution in [0.4, 0.5) is 11.4 Å². The molecular formula is C26H23ClN4O4. The molecule has 2 aromatic carbocycles. The van der Waals surface area contributed by atoms with Gasteiger partial charge in [0.2, 0.25) is 0 Å². The number of amides is 1. The minimum absolute atomic E-state index is 0.0300. The van der Waals surface area contributed by atoms with Crippen LogP contribution < -0.4 is 15.0 Å². The van der Waals surface area contributed by atoms with Gasteiger partial charge in [-0.25, -0.2) is 4.98 Å². The second-order valence-electron chi connectivity index (χ2n) is 8.36. The van der Waals surface area contributed by atoms with Gasteiger partial charge in [0.05, 0.1) is 40.2 Å². The zero-order chi connectivity index (χ0) is 27.2. The number of rotatable bonds is 6. The Balaban J connectivity index is 1.60. The molecule has 2 N–H and O–H groups in total. The highest BCUT2D eigenvalue weighted by molar-refractivity contribution is 6.36. The molecule has 0 fully saturated rings. The maximum atomic E-state index is 13.7. The van der Waals surface area contributed by atoms with E-state index in [1.807, 2.05) is 18.2 Å². The summed E-state index contributed by atoms with van der Waals surface area (Å²) in [5.41, 5.74) is -0.354. The van der Waals surface area contributed by atoms with Gasteiger partial charge >= 0.3 is 0 Å². The molecule has 3 heterocycles. The molecule has 5 rings (SSSR count). The number of benzene rings is 2. The van der Waals surface area contributed by atoms with Crippen LogP contribution in [0.2, 0.25) is 5.02 Å². The van der Waals surface area contributed by atoms with Crippen LogP contribution in [0.3, 0.4) is 0 Å². The fraction of sp³-hybridized carbons (Fsp3) is 0.192. The van der Waals surface area contributed by atoms with E-state index in [9.17, 15) is 9.59 Å². The number of ketones is 1. The smallest absolute Gasteiger partial charge is 0.254 e. The van der Waals surface area contributed by atoms with Crippen LogP contribution in [0.25, 0.3) is 11.0 Å². The monoisotopic (exact) mass is 493 g/mol. The van der Waals surface area contributed by atoms with Gasteiger partial charge < -0.3 is 24.7 Å². The van der Waals surface area contributed by atoms with Crippen LogP contribution >= 0.6 is 11.6 Å². The van der Waals surface area contributed by atoms with Crippen molar-refractivity contribution in [1.82, 2.24) is 9.97 Å². The molecule has 0 radical (unpaired) electrons. The average Bonchev–Trinajstić information content (AvgIpc) is 3.29. The van der Waals surface area contributed by atoms with Gasteiger partial charge in [0.1, 0.15) is 22.7 Å². The Labute approximate surface area is 211 Å². The SMILES string of the molecule is [2H]C([2H])([2H])N1C(=O)[C@](C)(COC)Nc2c1cnc1[nH]cc(C(=O)c3ccc(Oc4ccccc4)cc3Cl)c21. The number of pyridine rings is 1. The van der Waals surface area contributed by atoms with Gasteiger partial charge in [-0.3, -0.25) is 9.59 Å². The molecule has 4 aromatic rings. The van der Waals surface area contributed by atoms with Gasteiger partial charge in [-0.05, 0) is 31.2 Å². The van der Waals surface area contributed by atoms with Crippen molar-refractivity contribution in [3.8, 4) is 11.5 Å². The summed E-state index contributed by atoms with van der Waals surface area (Å²) in [5, 5.41) is 3.63. The molecule has 0 aliphatic carbocycles. The predicted molar refractivity (Wildman–Crippen MR) is 135 cm³/mol. The molecule has 0 unspecified atom stereocenters. The number of likely N-dealkylation sites (N-methyl/N-ethyl adjacent to an activating group) is 1. The fourth-order valence-corrected chi connectivity index (χ4v) is 4.40. The minimum atomic E-state index is -2.79. The van der Waals surface area contributed by atoms with E-state index in [2.05, 4.69) is 15.3 Å². The number of ether oxygens (including phenoxy) is 2. The summed E-state index contributed by atoms with van der Waals surface area (Å²) in [6.45, 7) is -1.36. The van der Waals surface area contributed by atoms with E-state index in [1.54, 1.807) is 37.3 Å². The number of aromatic amines is 1. The maximum absolute atomic E-state index is 13.7. The number of anilines is 2. The first-order chi connectivity index (χ1) is 18.0. The van der Waals surface area contributed by atoms with Crippen molar-refractivity contribution in [3.05, 3.63) is 77.1 Å². The summed E-state index contributed by atoms with van der Waals surface area (Å²) < 4.78 is 35.1. The molecule has 0 bridgehead atoms. The fourth-order valence-electron chi connectivity index (χ4n) is 4.15. The number of H-pyrrole nitrogens is 1. The highest BCUT2D eigenvalue weighted by atomic mass is 35.5. The Kier molecular flexibility index (Phi) is 4.84. The van der Waals surface area contributed by atoms with Crippen molar-refractivity contribution in [3.63, 3.8) is 0 Å². The number of fused-ring (bicyclic) bond motifs is 3. The van der Waals surface area contributed by atoms with Crippen LogP contribution in [0.5, 0.6) is 11.5 Å². The summed E-state index contributed by atoms with van der Waals surface area (Å²) in [7, 11) is 1.41. The van der Waals surface area contributed by atoms with Gasteiger partial charge in [-0.2, -0.15) is 0 Å². The van der Waals surface area contributed by atoms with Crippen molar-refractivity contribution in [2.75, 3.05) is 30.9 Å². The Morgan fingerprint density at radius 3 is 2.71 bits per heavy atom. The van der Waals surface area contributed by atoms with Gasteiger partial charge in [-0.15, -0.1) is 0 Å². The van der Waals surface area contributed by atoms with Gasteiger partial charge in [0.15, 0.2) is 5.78 Å². The number of nitrogens with zero attached hydrogens (tertiary/aromatic N) is 2. The second kappa shape index (κ2) is 8.72. The molecule has 0 saturated carbocycles. The number of hydrogen-bond acceptors (Lipinski definition) is 6. The van der Waals surface area contributed by atoms with Gasteiger partial charge in [0.25, 0.3) is 5.91 Å². The van der Waals surface area contributed by atoms with E-state index in [-0.39, 0.29) is 34.1 Å². The Bertz CT molecular complexity index is 1560. The normalized spacial score (nSPS) is 18.9. The van der Waals surface area contributed by atoms with E-state index >= 15 is 0 Å². The molecule has 35 heavy (non-hydrogen) atoms. The number of halogens is 1. The van der Waals surface area contributed by atoms with Gasteiger partial charge in [-0.1, -0.05) is 29.8 Å². The maximum Gasteiger partial charge on any atom is 0.254 e. The Morgan fingerprint density at radius 2 is 2.00 bits per heavy atom. The zero-order valence-electron chi connectivity index (χ0n) is 21.9. The molecule has 0 spiro atoms. The molecule has 178 valence electrons. The average molecular weight is 494 g/mol. The molecule has 1 aliphatic heterocycles. The van der Waals surface area contributed by atoms with Crippen molar-refractivity contribution < 1.29 is 23.2 Å². The summed E-state index contributed by atoms with van der Waals surface area (Å²) in [6.07, 6.45) is 2.77. The lowest BCUT2D eigenvalue weighted by Gasteiger charge is -2.40. The standard InChI is InChI=1S/C26H23ClN4O4/c1-26(14-34-3)25(33)31(2)20-13-29-24-21(22(20)30-26)18(12-28-24)23(32)17-10-9-16(11-19(17)27)35-15-7-5-4-6-8-15/h4-13,30H,14H2,1-3H3,(H,28,29)/t26-/m0/s1/i2D3. The predicted octanol–water partition coefficient (Wildman–Crippen LogP) is 5.03. The lowest BCUT2D eigenvalue weighted by molar-refractivity contribution is -0.124. The lowest BCUT2D eigenvalue weighted by atomic mass is 9.95. The van der Waals surface area contributed by atoms with Crippen LogP contribution in [-0.2, 0) is 9.53 Å². The first-order valence-corrected chi connectivity index (χ1v) is 11.1. The molecule has 9 heteroatoms. The largest absolute Gasteiger partial charge is 0.457 e. The number of carbonyl (C=O) groups excluding carboxylic acids is 2. The van der Waals surface area contributed by atoms with Crippen molar-refractivity contribution in [2.24, 2.45) is 0 Å². The van der Waals surface area contributed by atoms with E-state index in [0.29, 0.717) is 27.4 Å². The van der Waals surface area contributed by atoms with E-state index < -0.39 is 24.2 Å².